The maximum absolute atomic E-state index is 14.6. The second-order valence-electron chi connectivity index (χ2n) is 6.66. The van der Waals surface area contributed by atoms with Crippen molar-refractivity contribution in [3.05, 3.63) is 58.4 Å². The Hall–Kier alpha value is -2.79. The summed E-state index contributed by atoms with van der Waals surface area (Å²) in [6, 6.07) is 4.68. The third-order valence-electron chi connectivity index (χ3n) is 4.44. The number of hydrogen-bond acceptors (Lipinski definition) is 5. The third-order valence-corrected chi connectivity index (χ3v) is 6.62. The Bertz CT molecular complexity index is 1110. The molecule has 1 aliphatic rings. The standard InChI is InChI=1S/C17H16ClF2N5O3S/c1-17(8-29(27,28)25(2)16(21)24-17)11-5-10(6-12(19)14(11)20)23-15(26)13-4-3-9(18)7-22-13/h3-7H,8H2,1-2H3,(H2,21,24)(H,23,26)/t17-/m0/s1. The van der Waals surface area contributed by atoms with E-state index < -0.39 is 44.8 Å². The highest BCUT2D eigenvalue weighted by molar-refractivity contribution is 7.89. The predicted molar refractivity (Wildman–Crippen MR) is 103 cm³/mol. The monoisotopic (exact) mass is 443 g/mol. The van der Waals surface area contributed by atoms with Gasteiger partial charge in [0.05, 0.1) is 16.3 Å². The van der Waals surface area contributed by atoms with Crippen LogP contribution in [0.25, 0.3) is 0 Å². The Kier molecular flexibility index (Phi) is 5.22. The summed E-state index contributed by atoms with van der Waals surface area (Å²) >= 11 is 5.72. The minimum atomic E-state index is -3.93. The van der Waals surface area contributed by atoms with Crippen LogP contribution < -0.4 is 10.6 Å². The molecule has 1 aromatic heterocycles. The Labute approximate surface area is 170 Å². The van der Waals surface area contributed by atoms with Crippen LogP contribution in [0.1, 0.15) is 23.0 Å². The number of carbonyl (C=O) groups excluding carboxylic acids is 1. The van der Waals surface area contributed by atoms with Gasteiger partial charge in [0.2, 0.25) is 16.0 Å². The van der Waals surface area contributed by atoms with Gasteiger partial charge in [0.1, 0.15) is 5.69 Å². The maximum Gasteiger partial charge on any atom is 0.274 e. The van der Waals surface area contributed by atoms with Gasteiger partial charge in [-0.2, -0.15) is 0 Å². The van der Waals surface area contributed by atoms with Crippen LogP contribution in [-0.2, 0) is 15.6 Å². The number of sulfonamides is 1. The van der Waals surface area contributed by atoms with E-state index in [1.807, 2.05) is 0 Å². The number of aromatic nitrogens is 1. The van der Waals surface area contributed by atoms with Gasteiger partial charge in [-0.05, 0) is 25.1 Å². The van der Waals surface area contributed by atoms with Crippen LogP contribution >= 0.6 is 11.6 Å². The first-order valence-corrected chi connectivity index (χ1v) is 10.2. The van der Waals surface area contributed by atoms with Crippen molar-refractivity contribution >= 4 is 39.2 Å². The lowest BCUT2D eigenvalue weighted by Crippen LogP contribution is -2.61. The van der Waals surface area contributed by atoms with Gasteiger partial charge < -0.3 is 10.6 Å². The molecule has 1 aliphatic heterocycles. The molecule has 1 fully saturated rings. The summed E-state index contributed by atoms with van der Waals surface area (Å²) in [7, 11) is -2.75. The SMILES string of the molecule is CN1C(=N)N[C@](C)(c2cc(NC(=O)c3ccc(Cl)cn3)cc(F)c2F)CS1(=O)=O. The van der Waals surface area contributed by atoms with Gasteiger partial charge in [-0.25, -0.2) is 26.5 Å². The number of carbonyl (C=O) groups is 1. The number of anilines is 1. The molecule has 2 aromatic rings. The van der Waals surface area contributed by atoms with Gasteiger partial charge in [-0.1, -0.05) is 11.6 Å². The van der Waals surface area contributed by atoms with E-state index in [2.05, 4.69) is 15.6 Å². The van der Waals surface area contributed by atoms with Crippen LogP contribution in [0.2, 0.25) is 5.02 Å². The Morgan fingerprint density at radius 1 is 1.38 bits per heavy atom. The molecular formula is C17H16ClF2N5O3S. The number of nitrogens with one attached hydrogen (secondary N) is 3. The summed E-state index contributed by atoms with van der Waals surface area (Å²) in [5.74, 6) is -4.37. The number of amides is 1. The average Bonchev–Trinajstić information content (AvgIpc) is 2.62. The smallest absolute Gasteiger partial charge is 0.274 e. The zero-order chi connectivity index (χ0) is 21.6. The zero-order valence-corrected chi connectivity index (χ0v) is 16.8. The van der Waals surface area contributed by atoms with Crippen molar-refractivity contribution < 1.29 is 22.0 Å². The Morgan fingerprint density at radius 2 is 2.07 bits per heavy atom. The van der Waals surface area contributed by atoms with E-state index in [0.29, 0.717) is 9.33 Å². The largest absolute Gasteiger partial charge is 0.345 e. The Morgan fingerprint density at radius 3 is 2.66 bits per heavy atom. The summed E-state index contributed by atoms with van der Waals surface area (Å²) < 4.78 is 54.1. The number of rotatable bonds is 3. The molecule has 0 aliphatic carbocycles. The van der Waals surface area contributed by atoms with Gasteiger partial charge in [0, 0.05) is 30.6 Å². The van der Waals surface area contributed by atoms with Crippen LogP contribution in [-0.4, -0.2) is 42.4 Å². The van der Waals surface area contributed by atoms with Crippen LogP contribution in [0.3, 0.4) is 0 Å². The first-order valence-electron chi connectivity index (χ1n) is 8.19. The average molecular weight is 444 g/mol. The number of guanidine groups is 1. The quantitative estimate of drug-likeness (QED) is 0.673. The molecule has 0 radical (unpaired) electrons. The van der Waals surface area contributed by atoms with Crippen LogP contribution in [0.15, 0.2) is 30.5 Å². The number of hydrogen-bond donors (Lipinski definition) is 3. The lowest BCUT2D eigenvalue weighted by atomic mass is 9.92. The summed E-state index contributed by atoms with van der Waals surface area (Å²) in [5, 5.41) is 13.1. The molecule has 0 bridgehead atoms. The van der Waals surface area contributed by atoms with Crippen molar-refractivity contribution in [2.45, 2.75) is 12.5 Å². The van der Waals surface area contributed by atoms with Crippen LogP contribution in [0.4, 0.5) is 14.5 Å². The number of nitrogens with zero attached hydrogens (tertiary/aromatic N) is 2. The van der Waals surface area contributed by atoms with E-state index in [-0.39, 0.29) is 16.9 Å². The minimum absolute atomic E-state index is 0.00586. The molecule has 1 saturated heterocycles. The lowest BCUT2D eigenvalue weighted by molar-refractivity contribution is 0.102. The van der Waals surface area contributed by atoms with Crippen molar-refractivity contribution in [3.63, 3.8) is 0 Å². The van der Waals surface area contributed by atoms with Gasteiger partial charge in [-0.3, -0.25) is 10.2 Å². The highest BCUT2D eigenvalue weighted by atomic mass is 35.5. The molecule has 0 saturated carbocycles. The number of halogens is 3. The fourth-order valence-corrected chi connectivity index (χ4v) is 4.48. The van der Waals surface area contributed by atoms with Gasteiger partial charge in [-0.15, -0.1) is 0 Å². The predicted octanol–water partition coefficient (Wildman–Crippen LogP) is 2.28. The van der Waals surface area contributed by atoms with Crippen molar-refractivity contribution in [3.8, 4) is 0 Å². The van der Waals surface area contributed by atoms with Crippen molar-refractivity contribution in [2.24, 2.45) is 0 Å². The molecule has 1 atom stereocenters. The summed E-state index contributed by atoms with van der Waals surface area (Å²) in [4.78, 5) is 16.1. The molecule has 0 unspecified atom stereocenters. The molecule has 29 heavy (non-hydrogen) atoms. The highest BCUT2D eigenvalue weighted by Gasteiger charge is 2.44. The fraction of sp³-hybridized carbons (Fsp3) is 0.235. The zero-order valence-electron chi connectivity index (χ0n) is 15.3. The van der Waals surface area contributed by atoms with Crippen molar-refractivity contribution in [1.82, 2.24) is 14.6 Å². The second-order valence-corrected chi connectivity index (χ2v) is 9.10. The number of pyridine rings is 1. The minimum Gasteiger partial charge on any atom is -0.345 e. The van der Waals surface area contributed by atoms with Gasteiger partial charge in [0.15, 0.2) is 11.6 Å². The molecule has 154 valence electrons. The molecule has 12 heteroatoms. The van der Waals surface area contributed by atoms with Crippen LogP contribution in [0, 0.1) is 17.0 Å². The normalized spacial score (nSPS) is 20.9. The van der Waals surface area contributed by atoms with E-state index >= 15 is 0 Å². The fourth-order valence-electron chi connectivity index (χ4n) is 2.89. The third kappa shape index (κ3) is 4.01. The molecule has 3 rings (SSSR count). The molecule has 1 amide bonds. The maximum atomic E-state index is 14.6. The number of benzene rings is 1. The molecule has 0 spiro atoms. The lowest BCUT2D eigenvalue weighted by Gasteiger charge is -2.40. The summed E-state index contributed by atoms with van der Waals surface area (Å²) in [6.07, 6.45) is 1.26. The first-order chi connectivity index (χ1) is 13.4. The van der Waals surface area contributed by atoms with E-state index in [4.69, 9.17) is 17.0 Å². The Balaban J connectivity index is 1.99. The summed E-state index contributed by atoms with van der Waals surface area (Å²) in [6.45, 7) is 1.33. The van der Waals surface area contributed by atoms with Gasteiger partial charge >= 0.3 is 0 Å². The molecule has 8 nitrogen and oxygen atoms in total. The molecular weight excluding hydrogens is 428 g/mol. The van der Waals surface area contributed by atoms with Crippen LogP contribution in [0.5, 0.6) is 0 Å². The second kappa shape index (κ2) is 7.23. The van der Waals surface area contributed by atoms with Crippen molar-refractivity contribution in [1.29, 1.82) is 5.41 Å². The van der Waals surface area contributed by atoms with Crippen molar-refractivity contribution in [2.75, 3.05) is 18.1 Å². The molecule has 3 N–H and O–H groups in total. The first kappa shape index (κ1) is 20.9. The van der Waals surface area contributed by atoms with E-state index in [1.165, 1.54) is 32.3 Å². The molecule has 2 heterocycles. The van der Waals surface area contributed by atoms with Gasteiger partial charge in [0.25, 0.3) is 5.91 Å². The highest BCUT2D eigenvalue weighted by Crippen LogP contribution is 2.32. The summed E-state index contributed by atoms with van der Waals surface area (Å²) in [5.41, 5.74) is -2.09. The van der Waals surface area contributed by atoms with E-state index in [1.54, 1.807) is 0 Å². The topological polar surface area (TPSA) is 115 Å². The van der Waals surface area contributed by atoms with E-state index in [9.17, 15) is 22.0 Å². The molecule has 1 aromatic carbocycles. The van der Waals surface area contributed by atoms with E-state index in [0.717, 1.165) is 12.1 Å².